The highest BCUT2D eigenvalue weighted by molar-refractivity contribution is 5.80. The Labute approximate surface area is 218 Å². The van der Waals surface area contributed by atoms with E-state index in [1.807, 2.05) is 19.9 Å². The molecule has 0 fully saturated rings. The molecule has 0 aliphatic carbocycles. The normalized spacial score (nSPS) is 12.5. The zero-order valence-electron chi connectivity index (χ0n) is 21.5. The van der Waals surface area contributed by atoms with Gasteiger partial charge in [0.05, 0.1) is 22.0 Å². The third-order valence-electron chi connectivity index (χ3n) is 5.43. The van der Waals surface area contributed by atoms with Crippen molar-refractivity contribution in [3.05, 3.63) is 98.1 Å². The molecular formula is C27H28N6O5. The number of ether oxygens (including phenoxy) is 1. The monoisotopic (exact) mass is 516 g/mol. The predicted octanol–water partition coefficient (Wildman–Crippen LogP) is 3.45. The van der Waals surface area contributed by atoms with Crippen molar-refractivity contribution in [3.63, 3.8) is 0 Å². The number of carbonyl (C=O) groups excluding carboxylic acids is 1. The Bertz CT molecular complexity index is 1620. The number of nitriles is 1. The lowest BCUT2D eigenvalue weighted by atomic mass is 10.2. The average molecular weight is 517 g/mol. The molecular weight excluding hydrogens is 488 g/mol. The summed E-state index contributed by atoms with van der Waals surface area (Å²) in [6, 6.07) is 8.59. The van der Waals surface area contributed by atoms with Gasteiger partial charge in [-0.05, 0) is 45.4 Å². The van der Waals surface area contributed by atoms with Crippen LogP contribution >= 0.6 is 0 Å². The molecule has 0 atom stereocenters. The lowest BCUT2D eigenvalue weighted by Crippen LogP contribution is -2.30. The van der Waals surface area contributed by atoms with Crippen molar-refractivity contribution in [1.82, 2.24) is 14.0 Å². The third kappa shape index (κ3) is 6.54. The fraction of sp³-hybridized carbons (Fsp3) is 0.296. The lowest BCUT2D eigenvalue weighted by molar-refractivity contribution is -0.420. The van der Waals surface area contributed by atoms with Crippen LogP contribution in [0.25, 0.3) is 16.7 Å². The Morgan fingerprint density at radius 3 is 2.82 bits per heavy atom. The lowest BCUT2D eigenvalue weighted by Gasteiger charge is -2.14. The molecule has 0 aliphatic heterocycles. The van der Waals surface area contributed by atoms with E-state index in [2.05, 4.69) is 16.6 Å². The first kappa shape index (κ1) is 27.9. The van der Waals surface area contributed by atoms with E-state index in [1.165, 1.54) is 35.6 Å². The van der Waals surface area contributed by atoms with Crippen LogP contribution in [0.1, 0.15) is 39.2 Å². The smallest absolute Gasteiger partial charge is 0.271 e. The van der Waals surface area contributed by atoms with Crippen LogP contribution in [0.5, 0.6) is 0 Å². The molecule has 3 heterocycles. The van der Waals surface area contributed by atoms with E-state index < -0.39 is 10.8 Å². The summed E-state index contributed by atoms with van der Waals surface area (Å²) in [6.07, 6.45) is 6.06. The maximum atomic E-state index is 13.2. The quantitative estimate of drug-likeness (QED) is 0.132. The largest absolute Gasteiger partial charge is 0.379 e. The number of aryl methyl sites for hydroxylation is 1. The highest BCUT2D eigenvalue weighted by Gasteiger charge is 2.15. The van der Waals surface area contributed by atoms with Gasteiger partial charge >= 0.3 is 0 Å². The molecule has 1 amide bonds. The zero-order valence-corrected chi connectivity index (χ0v) is 21.5. The Morgan fingerprint density at radius 2 is 2.16 bits per heavy atom. The van der Waals surface area contributed by atoms with Gasteiger partial charge in [0.2, 0.25) is 0 Å². The second kappa shape index (κ2) is 12.5. The topological polar surface area (TPSA) is 145 Å². The Hall–Kier alpha value is -4.69. The van der Waals surface area contributed by atoms with Crippen molar-refractivity contribution >= 4 is 22.6 Å². The molecule has 0 aliphatic rings. The molecule has 3 rings (SSSR count). The number of amides is 1. The summed E-state index contributed by atoms with van der Waals surface area (Å²) in [4.78, 5) is 45.3. The molecule has 0 aromatic carbocycles. The van der Waals surface area contributed by atoms with E-state index in [0.717, 1.165) is 0 Å². The molecule has 3 aromatic rings. The molecule has 3 aromatic heterocycles. The Morgan fingerprint density at radius 1 is 1.39 bits per heavy atom. The number of allylic oxidation sites excluding steroid dienone is 3. The van der Waals surface area contributed by atoms with Crippen LogP contribution in [-0.2, 0) is 16.1 Å². The van der Waals surface area contributed by atoms with Crippen molar-refractivity contribution < 1.29 is 14.5 Å². The summed E-state index contributed by atoms with van der Waals surface area (Å²) in [6.45, 7) is 9.62. The molecule has 0 radical (unpaired) electrons. The standard InChI is InChI=1S/C27H28N6O5/c1-18(2)22(33(36)37)10-5-6-12-24(34)30-25-20(17-28)16-21-26(32(25)14-9-15-38-19(3)4)29-23-11-7-8-13-31(23)27(21)35/h5-8,10-11,13,16,19H,1,9,12,14-15H2,2-4H3/b6-5-,22-10+,30-25?. The SMILES string of the molecule is C=C(C)/C(=C\C=C/CC(=O)N=c1c(C#N)cc2c(=O)n3ccccc3nc2n1CCCOC(C)C)[N+](=O)[O-]. The number of nitro groups is 1. The number of nitrogens with zero attached hydrogens (tertiary/aromatic N) is 6. The minimum Gasteiger partial charge on any atom is -0.379 e. The third-order valence-corrected chi connectivity index (χ3v) is 5.43. The number of hydrogen-bond donors (Lipinski definition) is 0. The molecule has 38 heavy (non-hydrogen) atoms. The van der Waals surface area contributed by atoms with Crippen molar-refractivity contribution in [2.45, 2.75) is 46.3 Å². The summed E-state index contributed by atoms with van der Waals surface area (Å²) in [5.41, 5.74) is 0.605. The van der Waals surface area contributed by atoms with Gasteiger partial charge in [0, 0.05) is 37.4 Å². The molecule has 0 saturated heterocycles. The number of rotatable bonds is 10. The Balaban J connectivity index is 2.12. The minimum atomic E-state index is -0.576. The van der Waals surface area contributed by atoms with E-state index in [-0.39, 0.29) is 45.8 Å². The summed E-state index contributed by atoms with van der Waals surface area (Å²) in [5, 5.41) is 21.1. The van der Waals surface area contributed by atoms with Gasteiger partial charge in [-0.1, -0.05) is 24.8 Å². The number of fused-ring (bicyclic) bond motifs is 2. The number of carbonyl (C=O) groups is 1. The summed E-state index contributed by atoms with van der Waals surface area (Å²) in [5.74, 6) is -0.576. The van der Waals surface area contributed by atoms with E-state index in [1.54, 1.807) is 29.0 Å². The van der Waals surface area contributed by atoms with E-state index in [4.69, 9.17) is 4.74 Å². The van der Waals surface area contributed by atoms with Gasteiger partial charge in [0.1, 0.15) is 17.4 Å². The summed E-state index contributed by atoms with van der Waals surface area (Å²) in [7, 11) is 0. The fourth-order valence-electron chi connectivity index (χ4n) is 3.68. The van der Waals surface area contributed by atoms with Crippen LogP contribution in [0.2, 0.25) is 0 Å². The van der Waals surface area contributed by atoms with Gasteiger partial charge < -0.3 is 9.30 Å². The van der Waals surface area contributed by atoms with Crippen LogP contribution in [0.15, 0.2) is 76.3 Å². The summed E-state index contributed by atoms with van der Waals surface area (Å²) >= 11 is 0. The molecule has 196 valence electrons. The second-order valence-corrected chi connectivity index (χ2v) is 8.73. The molecule has 0 bridgehead atoms. The van der Waals surface area contributed by atoms with E-state index >= 15 is 0 Å². The van der Waals surface area contributed by atoms with Crippen LogP contribution in [0.3, 0.4) is 0 Å². The van der Waals surface area contributed by atoms with E-state index in [0.29, 0.717) is 30.9 Å². The summed E-state index contributed by atoms with van der Waals surface area (Å²) < 4.78 is 8.62. The van der Waals surface area contributed by atoms with Crippen LogP contribution in [-0.4, -0.2) is 37.5 Å². The first-order valence-corrected chi connectivity index (χ1v) is 11.9. The number of pyridine rings is 2. The van der Waals surface area contributed by atoms with Crippen molar-refractivity contribution in [3.8, 4) is 6.07 Å². The van der Waals surface area contributed by atoms with Crippen molar-refractivity contribution in [2.24, 2.45) is 4.99 Å². The van der Waals surface area contributed by atoms with E-state index in [9.17, 15) is 25.0 Å². The average Bonchev–Trinajstić information content (AvgIpc) is 2.86. The van der Waals surface area contributed by atoms with Crippen LogP contribution < -0.4 is 11.0 Å². The van der Waals surface area contributed by atoms with Gasteiger partial charge in [0.15, 0.2) is 5.49 Å². The first-order chi connectivity index (χ1) is 18.1. The highest BCUT2D eigenvalue weighted by atomic mass is 16.6. The zero-order chi connectivity index (χ0) is 27.8. The molecule has 0 spiro atoms. The first-order valence-electron chi connectivity index (χ1n) is 11.9. The van der Waals surface area contributed by atoms with Crippen LogP contribution in [0, 0.1) is 21.4 Å². The molecule has 0 unspecified atom stereocenters. The minimum absolute atomic E-state index is 0.0289. The van der Waals surface area contributed by atoms with Gasteiger partial charge in [-0.15, -0.1) is 0 Å². The Kier molecular flexibility index (Phi) is 9.18. The molecule has 11 nitrogen and oxygen atoms in total. The van der Waals surface area contributed by atoms with Gasteiger partial charge in [-0.25, -0.2) is 4.98 Å². The maximum absolute atomic E-state index is 13.2. The predicted molar refractivity (Wildman–Crippen MR) is 142 cm³/mol. The number of hydrogen-bond acceptors (Lipinski definition) is 7. The number of aromatic nitrogens is 3. The van der Waals surface area contributed by atoms with Gasteiger partial charge in [-0.3, -0.25) is 24.1 Å². The van der Waals surface area contributed by atoms with Gasteiger partial charge in [-0.2, -0.15) is 10.3 Å². The molecule has 0 saturated carbocycles. The molecule has 11 heteroatoms. The molecule has 0 N–H and O–H groups in total. The second-order valence-electron chi connectivity index (χ2n) is 8.73. The highest BCUT2D eigenvalue weighted by Crippen LogP contribution is 2.11. The maximum Gasteiger partial charge on any atom is 0.271 e. The van der Waals surface area contributed by atoms with Crippen molar-refractivity contribution in [2.75, 3.05) is 6.61 Å². The fourth-order valence-corrected chi connectivity index (χ4v) is 3.68. The van der Waals surface area contributed by atoms with Gasteiger partial charge in [0.25, 0.3) is 17.2 Å². The van der Waals surface area contributed by atoms with Crippen molar-refractivity contribution in [1.29, 1.82) is 5.26 Å². The van der Waals surface area contributed by atoms with Crippen LogP contribution in [0.4, 0.5) is 0 Å².